The van der Waals surface area contributed by atoms with Crippen molar-refractivity contribution in [2.45, 2.75) is 13.3 Å². The molecule has 0 radical (unpaired) electrons. The first-order valence-corrected chi connectivity index (χ1v) is 7.08. The van der Waals surface area contributed by atoms with E-state index in [-0.39, 0.29) is 6.03 Å². The van der Waals surface area contributed by atoms with Gasteiger partial charge in [-0.2, -0.15) is 5.10 Å². The third kappa shape index (κ3) is 3.67. The number of nitrogens with zero attached hydrogens (tertiary/aromatic N) is 5. The van der Waals surface area contributed by atoms with Crippen molar-refractivity contribution >= 4 is 17.5 Å². The lowest BCUT2D eigenvalue weighted by molar-refractivity contribution is 0.262. The molecule has 0 saturated carbocycles. The Morgan fingerprint density at radius 2 is 1.96 bits per heavy atom. The highest BCUT2D eigenvalue weighted by Gasteiger charge is 2.06. The van der Waals surface area contributed by atoms with Gasteiger partial charge in [-0.3, -0.25) is 5.32 Å². The van der Waals surface area contributed by atoms with Gasteiger partial charge < -0.3 is 5.32 Å². The highest BCUT2D eigenvalue weighted by Crippen LogP contribution is 2.11. The predicted octanol–water partition coefficient (Wildman–Crippen LogP) is 2.26. The number of rotatable bonds is 4. The quantitative estimate of drug-likeness (QED) is 0.770. The third-order valence-electron chi connectivity index (χ3n) is 3.17. The molecule has 0 atom stereocenters. The van der Waals surface area contributed by atoms with Crippen LogP contribution in [0.25, 0.3) is 5.82 Å². The normalized spacial score (nSPS) is 10.3. The molecule has 0 unspecified atom stereocenters. The second-order valence-corrected chi connectivity index (χ2v) is 4.73. The third-order valence-corrected chi connectivity index (χ3v) is 3.17. The molecular formula is C15H15N7O. The van der Waals surface area contributed by atoms with Gasteiger partial charge in [0.15, 0.2) is 5.82 Å². The maximum atomic E-state index is 12.0. The molecule has 0 spiro atoms. The van der Waals surface area contributed by atoms with Crippen molar-refractivity contribution < 1.29 is 4.79 Å². The summed E-state index contributed by atoms with van der Waals surface area (Å²) in [4.78, 5) is 24.0. The lowest BCUT2D eigenvalue weighted by Crippen LogP contribution is -2.20. The van der Waals surface area contributed by atoms with E-state index in [1.54, 1.807) is 6.07 Å². The van der Waals surface area contributed by atoms with Crippen molar-refractivity contribution in [1.29, 1.82) is 0 Å². The highest BCUT2D eigenvalue weighted by molar-refractivity contribution is 5.99. The molecule has 23 heavy (non-hydrogen) atoms. The van der Waals surface area contributed by atoms with Gasteiger partial charge >= 0.3 is 6.03 Å². The molecule has 2 N–H and O–H groups in total. The lowest BCUT2D eigenvalue weighted by atomic mass is 10.1. The highest BCUT2D eigenvalue weighted by atomic mass is 16.2. The number of amides is 2. The summed E-state index contributed by atoms with van der Waals surface area (Å²) in [6, 6.07) is 8.90. The van der Waals surface area contributed by atoms with Crippen molar-refractivity contribution in [3.8, 4) is 5.82 Å². The van der Waals surface area contributed by atoms with E-state index in [0.717, 1.165) is 6.42 Å². The second-order valence-electron chi connectivity index (χ2n) is 4.73. The van der Waals surface area contributed by atoms with Gasteiger partial charge in [-0.25, -0.2) is 24.4 Å². The summed E-state index contributed by atoms with van der Waals surface area (Å²) in [7, 11) is 0. The zero-order valence-electron chi connectivity index (χ0n) is 12.5. The number of benzene rings is 1. The number of aryl methyl sites for hydroxylation is 1. The Labute approximate surface area is 132 Å². The van der Waals surface area contributed by atoms with Crippen molar-refractivity contribution in [1.82, 2.24) is 24.7 Å². The van der Waals surface area contributed by atoms with E-state index in [2.05, 4.69) is 37.6 Å². The van der Waals surface area contributed by atoms with Crippen LogP contribution in [0.2, 0.25) is 0 Å². The Hall–Kier alpha value is -3.29. The minimum absolute atomic E-state index is 0.369. The van der Waals surface area contributed by atoms with Crippen LogP contribution in [0, 0.1) is 0 Å². The zero-order valence-corrected chi connectivity index (χ0v) is 12.5. The van der Waals surface area contributed by atoms with Gasteiger partial charge in [0.1, 0.15) is 24.8 Å². The molecule has 8 nitrogen and oxygen atoms in total. The summed E-state index contributed by atoms with van der Waals surface area (Å²) in [5.41, 5.74) is 1.93. The molecule has 116 valence electrons. The molecule has 2 aromatic heterocycles. The smallest absolute Gasteiger partial charge is 0.308 e. The summed E-state index contributed by atoms with van der Waals surface area (Å²) < 4.78 is 1.48. The van der Waals surface area contributed by atoms with Crippen LogP contribution in [0.15, 0.2) is 49.3 Å². The predicted molar refractivity (Wildman–Crippen MR) is 85.4 cm³/mol. The van der Waals surface area contributed by atoms with Crippen LogP contribution in [-0.2, 0) is 6.42 Å². The van der Waals surface area contributed by atoms with Crippen LogP contribution in [0.3, 0.4) is 0 Å². The largest absolute Gasteiger partial charge is 0.324 e. The van der Waals surface area contributed by atoms with Gasteiger partial charge in [0, 0.05) is 11.8 Å². The molecular weight excluding hydrogens is 294 g/mol. The number of nitrogens with one attached hydrogen (secondary N) is 2. The summed E-state index contributed by atoms with van der Waals surface area (Å²) in [5, 5.41) is 9.39. The average Bonchev–Trinajstić information content (AvgIpc) is 3.10. The fraction of sp³-hybridized carbons (Fsp3) is 0.133. The summed E-state index contributed by atoms with van der Waals surface area (Å²) in [6.45, 7) is 2.08. The van der Waals surface area contributed by atoms with Gasteiger partial charge in [0.25, 0.3) is 0 Å². The first-order chi connectivity index (χ1) is 11.2. The summed E-state index contributed by atoms with van der Waals surface area (Å²) in [6.07, 6.45) is 5.23. The van der Waals surface area contributed by atoms with Gasteiger partial charge in [-0.15, -0.1) is 0 Å². The molecule has 3 aromatic rings. The summed E-state index contributed by atoms with van der Waals surface area (Å²) >= 11 is 0. The maximum absolute atomic E-state index is 12.0. The number of hydrogen-bond acceptors (Lipinski definition) is 5. The van der Waals surface area contributed by atoms with E-state index in [0.29, 0.717) is 17.3 Å². The molecule has 0 aliphatic rings. The molecule has 0 saturated heterocycles. The van der Waals surface area contributed by atoms with Crippen molar-refractivity contribution in [2.75, 3.05) is 10.6 Å². The number of aromatic nitrogens is 5. The molecule has 0 aliphatic carbocycles. The monoisotopic (exact) mass is 309 g/mol. The van der Waals surface area contributed by atoms with E-state index in [1.807, 2.05) is 24.3 Å². The average molecular weight is 309 g/mol. The number of hydrogen-bond donors (Lipinski definition) is 2. The Bertz CT molecular complexity index is 784. The minimum atomic E-state index is -0.377. The van der Waals surface area contributed by atoms with Gasteiger partial charge in [0.2, 0.25) is 0 Å². The number of urea groups is 1. The van der Waals surface area contributed by atoms with Crippen LogP contribution >= 0.6 is 0 Å². The number of carbonyl (C=O) groups excluding carboxylic acids is 1. The fourth-order valence-electron chi connectivity index (χ4n) is 1.97. The van der Waals surface area contributed by atoms with Gasteiger partial charge in [0.05, 0.1) is 0 Å². The Morgan fingerprint density at radius 1 is 1.13 bits per heavy atom. The number of carbonyl (C=O) groups is 1. The lowest BCUT2D eigenvalue weighted by Gasteiger charge is -2.08. The zero-order chi connectivity index (χ0) is 16.1. The van der Waals surface area contributed by atoms with E-state index >= 15 is 0 Å². The van der Waals surface area contributed by atoms with E-state index < -0.39 is 0 Å². The molecule has 3 rings (SSSR count). The minimum Gasteiger partial charge on any atom is -0.308 e. The first kappa shape index (κ1) is 14.6. The Balaban J connectivity index is 1.66. The van der Waals surface area contributed by atoms with Crippen LogP contribution in [0.5, 0.6) is 0 Å². The number of anilines is 2. The summed E-state index contributed by atoms with van der Waals surface area (Å²) in [5.74, 6) is 0.883. The van der Waals surface area contributed by atoms with E-state index in [9.17, 15) is 4.79 Å². The first-order valence-electron chi connectivity index (χ1n) is 7.08. The van der Waals surface area contributed by atoms with Crippen LogP contribution in [-0.4, -0.2) is 30.8 Å². The second kappa shape index (κ2) is 6.65. The molecule has 2 amide bonds. The molecule has 0 fully saturated rings. The van der Waals surface area contributed by atoms with Crippen molar-refractivity contribution in [3.05, 3.63) is 54.9 Å². The van der Waals surface area contributed by atoms with Gasteiger partial charge in [-0.1, -0.05) is 19.1 Å². The topological polar surface area (TPSA) is 97.6 Å². The van der Waals surface area contributed by atoms with Crippen LogP contribution < -0.4 is 10.6 Å². The molecule has 0 aliphatic heterocycles. The van der Waals surface area contributed by atoms with Crippen LogP contribution in [0.1, 0.15) is 12.5 Å². The molecule has 8 heteroatoms. The van der Waals surface area contributed by atoms with Gasteiger partial charge in [-0.05, 0) is 24.1 Å². The fourth-order valence-corrected chi connectivity index (χ4v) is 1.97. The van der Waals surface area contributed by atoms with Crippen LogP contribution in [0.4, 0.5) is 16.3 Å². The maximum Gasteiger partial charge on any atom is 0.324 e. The standard InChI is InChI=1S/C15H15N7O/c1-2-11-3-5-12(6-4-11)20-15(23)21-13-7-14(18-9-17-13)22-10-16-8-19-22/h3-10H,2H2,1H3,(H2,17,18,20,21,23). The van der Waals surface area contributed by atoms with E-state index in [1.165, 1.54) is 29.2 Å². The van der Waals surface area contributed by atoms with E-state index in [4.69, 9.17) is 0 Å². The SMILES string of the molecule is CCc1ccc(NC(=O)Nc2cc(-n3cncn3)ncn2)cc1. The Kier molecular flexibility index (Phi) is 4.23. The Morgan fingerprint density at radius 3 is 2.65 bits per heavy atom. The molecule has 1 aromatic carbocycles. The molecule has 0 bridgehead atoms. The molecule has 2 heterocycles. The van der Waals surface area contributed by atoms with Crippen molar-refractivity contribution in [2.24, 2.45) is 0 Å². The van der Waals surface area contributed by atoms with Crippen molar-refractivity contribution in [3.63, 3.8) is 0 Å².